The second kappa shape index (κ2) is 2.41. The van der Waals surface area contributed by atoms with E-state index in [1.54, 1.807) is 0 Å². The molecule has 2 rings (SSSR count). The van der Waals surface area contributed by atoms with Crippen LogP contribution in [-0.2, 0) is 18.8 Å². The minimum absolute atomic E-state index is 0.639. The van der Waals surface area contributed by atoms with Crippen molar-refractivity contribution >= 4 is 10.4 Å². The lowest BCUT2D eigenvalue weighted by molar-refractivity contribution is -0.261. The van der Waals surface area contributed by atoms with Crippen LogP contribution in [0.4, 0.5) is 0 Å². The fraction of sp³-hybridized carbons (Fsp3) is 1.00. The minimum atomic E-state index is -3.66. The Morgan fingerprint density at radius 2 is 2.17 bits per heavy atom. The van der Waals surface area contributed by atoms with Crippen LogP contribution in [0.15, 0.2) is 0 Å². The van der Waals surface area contributed by atoms with E-state index in [4.69, 9.17) is 8.37 Å². The molecule has 0 aromatic heterocycles. The normalized spacial score (nSPS) is 32.1. The average Bonchev–Trinajstić information content (AvgIpc) is 2.29. The molecular weight excluding hydrogens is 182 g/mol. The van der Waals surface area contributed by atoms with E-state index < -0.39 is 16.3 Å². The maximum Gasteiger partial charge on any atom is 0.407 e. The average molecular weight is 193 g/mol. The van der Waals surface area contributed by atoms with Crippen LogP contribution >= 0.6 is 0 Å². The van der Waals surface area contributed by atoms with Gasteiger partial charge in [0.2, 0.25) is 0 Å². The van der Waals surface area contributed by atoms with Gasteiger partial charge in [-0.2, -0.15) is 16.8 Å². The van der Waals surface area contributed by atoms with Crippen LogP contribution in [0.1, 0.15) is 19.8 Å². The Morgan fingerprint density at radius 1 is 1.50 bits per heavy atom. The molecule has 2 fully saturated rings. The zero-order valence-corrected chi connectivity index (χ0v) is 7.63. The zero-order valence-electron chi connectivity index (χ0n) is 6.82. The fourth-order valence-electron chi connectivity index (χ4n) is 1.73. The van der Waals surface area contributed by atoms with Gasteiger partial charge in [-0.3, -0.25) is 4.90 Å². The molecule has 0 bridgehead atoms. The van der Waals surface area contributed by atoms with Gasteiger partial charge >= 0.3 is 10.4 Å². The molecule has 0 amide bonds. The number of likely N-dealkylation sites (tertiary alicyclic amines) is 1. The number of hydrogen-bond donors (Lipinski definition) is 0. The first-order valence-electron chi connectivity index (χ1n) is 3.99. The van der Waals surface area contributed by atoms with Crippen LogP contribution in [0.3, 0.4) is 0 Å². The second-order valence-corrected chi connectivity index (χ2v) is 4.12. The van der Waals surface area contributed by atoms with Crippen molar-refractivity contribution in [2.24, 2.45) is 0 Å². The predicted octanol–water partition coefficient (Wildman–Crippen LogP) is 0.0475. The van der Waals surface area contributed by atoms with Crippen molar-refractivity contribution in [1.29, 1.82) is 0 Å². The number of hydrogen-bond acceptors (Lipinski definition) is 5. The smallest absolute Gasteiger partial charge is 0.251 e. The summed E-state index contributed by atoms with van der Waals surface area (Å²) < 4.78 is 30.8. The summed E-state index contributed by atoms with van der Waals surface area (Å²) in [5, 5.41) is 0. The molecule has 12 heavy (non-hydrogen) atoms. The lowest BCUT2D eigenvalue weighted by Crippen LogP contribution is -2.58. The van der Waals surface area contributed by atoms with Crippen LogP contribution in [-0.4, -0.2) is 32.3 Å². The predicted molar refractivity (Wildman–Crippen MR) is 40.3 cm³/mol. The summed E-state index contributed by atoms with van der Waals surface area (Å²) in [5.41, 5.74) is 0. The summed E-state index contributed by atoms with van der Waals surface area (Å²) in [6, 6.07) is 0. The number of nitrogens with zero attached hydrogens (tertiary/aromatic N) is 1. The molecule has 70 valence electrons. The van der Waals surface area contributed by atoms with Gasteiger partial charge < -0.3 is 0 Å². The fourth-order valence-corrected chi connectivity index (χ4v) is 2.76. The Balaban J connectivity index is 2.14. The van der Waals surface area contributed by atoms with E-state index in [9.17, 15) is 8.42 Å². The molecular formula is C6H11NO4S. The molecule has 2 aliphatic rings. The summed E-state index contributed by atoms with van der Waals surface area (Å²) in [6.07, 6.45) is 1.56. The van der Waals surface area contributed by atoms with Gasteiger partial charge in [-0.25, -0.2) is 0 Å². The largest absolute Gasteiger partial charge is 0.407 e. The van der Waals surface area contributed by atoms with Crippen LogP contribution in [0.2, 0.25) is 0 Å². The van der Waals surface area contributed by atoms with Crippen LogP contribution in [0.5, 0.6) is 0 Å². The first kappa shape index (κ1) is 8.43. The van der Waals surface area contributed by atoms with Crippen LogP contribution in [0, 0.1) is 0 Å². The molecule has 0 radical (unpaired) electrons. The molecule has 5 nitrogen and oxygen atoms in total. The summed E-state index contributed by atoms with van der Waals surface area (Å²) in [6.45, 7) is 3.53. The van der Waals surface area contributed by atoms with Gasteiger partial charge in [0.15, 0.2) is 0 Å². The quantitative estimate of drug-likeness (QED) is 0.589. The Kier molecular flexibility index (Phi) is 1.69. The molecule has 0 aromatic rings. The molecule has 6 heteroatoms. The lowest BCUT2D eigenvalue weighted by atomic mass is 10.3. The van der Waals surface area contributed by atoms with Gasteiger partial charge in [-0.15, -0.1) is 0 Å². The van der Waals surface area contributed by atoms with Crippen molar-refractivity contribution < 1.29 is 16.8 Å². The molecule has 0 aliphatic carbocycles. The third-order valence-corrected chi connectivity index (χ3v) is 3.18. The summed E-state index contributed by atoms with van der Waals surface area (Å²) in [4.78, 5) is 1.88. The van der Waals surface area contributed by atoms with Crippen LogP contribution < -0.4 is 0 Å². The van der Waals surface area contributed by atoms with E-state index >= 15 is 0 Å². The lowest BCUT2D eigenvalue weighted by Gasteiger charge is -2.41. The molecule has 1 spiro atoms. The Hall–Kier alpha value is -0.170. The molecule has 0 N–H and O–H groups in total. The molecule has 0 unspecified atom stereocenters. The van der Waals surface area contributed by atoms with Gasteiger partial charge in [0.25, 0.3) is 5.91 Å². The van der Waals surface area contributed by atoms with E-state index in [1.165, 1.54) is 0 Å². The molecule has 0 atom stereocenters. The first-order valence-corrected chi connectivity index (χ1v) is 5.32. The van der Waals surface area contributed by atoms with E-state index in [1.807, 2.05) is 11.8 Å². The first-order chi connectivity index (χ1) is 5.58. The van der Waals surface area contributed by atoms with Crippen molar-refractivity contribution in [1.82, 2.24) is 4.90 Å². The number of rotatable bonds is 1. The van der Waals surface area contributed by atoms with E-state index in [0.717, 1.165) is 19.5 Å². The monoisotopic (exact) mass is 193 g/mol. The summed E-state index contributed by atoms with van der Waals surface area (Å²) >= 11 is 0. The maximum absolute atomic E-state index is 10.6. The highest BCUT2D eigenvalue weighted by Crippen LogP contribution is 2.41. The van der Waals surface area contributed by atoms with Crippen molar-refractivity contribution in [3.8, 4) is 0 Å². The van der Waals surface area contributed by atoms with E-state index in [0.29, 0.717) is 6.42 Å². The molecule has 2 aliphatic heterocycles. The molecule has 2 saturated heterocycles. The summed E-state index contributed by atoms with van der Waals surface area (Å²) in [7, 11) is -3.66. The molecule has 2 heterocycles. The standard InChI is InChI=1S/C6H11NO4S/c1-2-7-5-3-4-6(7)10-12(8,9)11-6/h2-5H2,1H3. The van der Waals surface area contributed by atoms with E-state index in [-0.39, 0.29) is 0 Å². The Morgan fingerprint density at radius 3 is 2.67 bits per heavy atom. The third kappa shape index (κ3) is 1.06. The minimum Gasteiger partial charge on any atom is -0.251 e. The van der Waals surface area contributed by atoms with Gasteiger partial charge in [0, 0.05) is 19.5 Å². The Labute approximate surface area is 71.6 Å². The molecule has 0 saturated carbocycles. The van der Waals surface area contributed by atoms with Crippen molar-refractivity contribution in [3.05, 3.63) is 0 Å². The van der Waals surface area contributed by atoms with Crippen LogP contribution in [0.25, 0.3) is 0 Å². The highest BCUT2D eigenvalue weighted by molar-refractivity contribution is 7.82. The third-order valence-electron chi connectivity index (χ3n) is 2.25. The van der Waals surface area contributed by atoms with Gasteiger partial charge in [0.1, 0.15) is 0 Å². The van der Waals surface area contributed by atoms with Crippen molar-refractivity contribution in [3.63, 3.8) is 0 Å². The van der Waals surface area contributed by atoms with Gasteiger partial charge in [-0.1, -0.05) is 6.92 Å². The summed E-state index contributed by atoms with van der Waals surface area (Å²) in [5.74, 6) is -0.937. The second-order valence-electron chi connectivity index (χ2n) is 2.97. The topological polar surface area (TPSA) is 55.8 Å². The maximum atomic E-state index is 10.6. The highest BCUT2D eigenvalue weighted by Gasteiger charge is 2.58. The zero-order chi connectivity index (χ0) is 8.82. The van der Waals surface area contributed by atoms with Gasteiger partial charge in [-0.05, 0) is 6.42 Å². The van der Waals surface area contributed by atoms with Crippen molar-refractivity contribution in [2.75, 3.05) is 13.1 Å². The van der Waals surface area contributed by atoms with E-state index in [2.05, 4.69) is 0 Å². The Bertz CT molecular complexity index is 274. The molecule has 0 aromatic carbocycles. The highest BCUT2D eigenvalue weighted by atomic mass is 32.3. The SMILES string of the molecule is CCN1CCCC12OS(=O)(=O)O2. The van der Waals surface area contributed by atoms with Crippen molar-refractivity contribution in [2.45, 2.75) is 25.7 Å². The van der Waals surface area contributed by atoms with Gasteiger partial charge in [0.05, 0.1) is 0 Å².